The van der Waals surface area contributed by atoms with Crippen molar-refractivity contribution >= 4 is 5.69 Å². The van der Waals surface area contributed by atoms with Crippen molar-refractivity contribution in [3.05, 3.63) is 39.9 Å². The van der Waals surface area contributed by atoms with Crippen LogP contribution < -0.4 is 5.73 Å². The van der Waals surface area contributed by atoms with E-state index in [1.807, 2.05) is 0 Å². The van der Waals surface area contributed by atoms with Crippen LogP contribution in [0.15, 0.2) is 24.3 Å². The second kappa shape index (κ2) is 3.29. The number of hydrogen-bond acceptors (Lipinski definition) is 4. The van der Waals surface area contributed by atoms with Gasteiger partial charge in [-0.2, -0.15) is 0 Å². The normalized spacial score (nSPS) is 29.6. The van der Waals surface area contributed by atoms with Gasteiger partial charge in [0.25, 0.3) is 5.69 Å². The van der Waals surface area contributed by atoms with E-state index in [-0.39, 0.29) is 5.69 Å². The van der Waals surface area contributed by atoms with Gasteiger partial charge in [-0.25, -0.2) is 0 Å². The third kappa shape index (κ3) is 1.60. The summed E-state index contributed by atoms with van der Waals surface area (Å²) in [5.41, 5.74) is 5.80. The van der Waals surface area contributed by atoms with E-state index < -0.39 is 16.6 Å². The molecule has 80 valence electrons. The molecule has 1 aromatic rings. The van der Waals surface area contributed by atoms with Crippen molar-refractivity contribution in [2.24, 2.45) is 5.73 Å². The van der Waals surface area contributed by atoms with E-state index in [1.54, 1.807) is 18.2 Å². The van der Waals surface area contributed by atoms with Crippen molar-refractivity contribution in [3.8, 4) is 0 Å². The molecule has 1 aromatic carbocycles. The maximum Gasteiger partial charge on any atom is 0.274 e. The number of hydrogen-bond donors (Lipinski definition) is 2. The smallest absolute Gasteiger partial charge is 0.274 e. The quantitative estimate of drug-likeness (QED) is 0.558. The van der Waals surface area contributed by atoms with Gasteiger partial charge in [0.2, 0.25) is 0 Å². The van der Waals surface area contributed by atoms with Gasteiger partial charge in [0, 0.05) is 11.6 Å². The molecule has 0 bridgehead atoms. The molecular weight excluding hydrogens is 196 g/mol. The lowest BCUT2D eigenvalue weighted by molar-refractivity contribution is -0.386. The number of para-hydroxylation sites is 1. The highest BCUT2D eigenvalue weighted by atomic mass is 16.6. The fraction of sp³-hybridized carbons (Fsp3) is 0.400. The Hall–Kier alpha value is -1.46. The molecule has 2 rings (SSSR count). The molecule has 5 nitrogen and oxygen atoms in total. The third-order valence-electron chi connectivity index (χ3n) is 2.84. The lowest BCUT2D eigenvalue weighted by atomic mass is 9.70. The molecule has 0 aromatic heterocycles. The van der Waals surface area contributed by atoms with Gasteiger partial charge < -0.3 is 10.8 Å². The number of benzene rings is 1. The summed E-state index contributed by atoms with van der Waals surface area (Å²) in [5, 5.41) is 20.0. The van der Waals surface area contributed by atoms with Crippen LogP contribution in [0.2, 0.25) is 0 Å². The van der Waals surface area contributed by atoms with E-state index in [9.17, 15) is 15.2 Å². The molecule has 0 amide bonds. The molecule has 0 atom stereocenters. The first-order valence-electron chi connectivity index (χ1n) is 4.74. The maximum absolute atomic E-state index is 10.8. The Morgan fingerprint density at radius 1 is 1.47 bits per heavy atom. The van der Waals surface area contributed by atoms with Crippen LogP contribution in [0.3, 0.4) is 0 Å². The minimum absolute atomic E-state index is 0.0342. The monoisotopic (exact) mass is 208 g/mol. The van der Waals surface area contributed by atoms with Crippen LogP contribution in [0.25, 0.3) is 0 Å². The largest absolute Gasteiger partial charge is 0.393 e. The number of aliphatic hydroxyl groups is 1. The first kappa shape index (κ1) is 10.1. The summed E-state index contributed by atoms with van der Waals surface area (Å²) < 4.78 is 0. The molecule has 1 aliphatic carbocycles. The molecule has 1 fully saturated rings. The Morgan fingerprint density at radius 3 is 2.60 bits per heavy atom. The fourth-order valence-corrected chi connectivity index (χ4v) is 2.05. The van der Waals surface area contributed by atoms with Crippen LogP contribution in [0, 0.1) is 10.1 Å². The number of nitrogens with zero attached hydrogens (tertiary/aromatic N) is 1. The van der Waals surface area contributed by atoms with Crippen molar-refractivity contribution in [1.29, 1.82) is 0 Å². The van der Waals surface area contributed by atoms with E-state index in [2.05, 4.69) is 0 Å². The number of nitrogens with two attached hydrogens (primary N) is 1. The average Bonchev–Trinajstić information content (AvgIpc) is 2.15. The Bertz CT molecular complexity index is 399. The Balaban J connectivity index is 2.40. The molecule has 1 saturated carbocycles. The van der Waals surface area contributed by atoms with Crippen molar-refractivity contribution in [3.63, 3.8) is 0 Å². The van der Waals surface area contributed by atoms with Gasteiger partial charge in [-0.3, -0.25) is 10.1 Å². The first-order valence-corrected chi connectivity index (χ1v) is 4.74. The van der Waals surface area contributed by atoms with Gasteiger partial charge in [0.1, 0.15) is 0 Å². The van der Waals surface area contributed by atoms with Crippen LogP contribution in [0.4, 0.5) is 5.69 Å². The zero-order chi connectivity index (χ0) is 11.1. The molecule has 0 aliphatic heterocycles. The van der Waals surface area contributed by atoms with E-state index in [1.165, 1.54) is 6.07 Å². The molecule has 5 heteroatoms. The van der Waals surface area contributed by atoms with Crippen molar-refractivity contribution in [2.75, 3.05) is 0 Å². The minimum atomic E-state index is -0.733. The molecule has 15 heavy (non-hydrogen) atoms. The predicted octanol–water partition coefficient (Wildman–Crippen LogP) is 0.904. The van der Waals surface area contributed by atoms with Crippen molar-refractivity contribution in [2.45, 2.75) is 24.5 Å². The van der Waals surface area contributed by atoms with Gasteiger partial charge in [0.05, 0.1) is 16.6 Å². The Labute approximate surface area is 86.7 Å². The standard InChI is InChI=1S/C10H12N2O3/c11-10(5-7(13)6-10)8-3-1-2-4-9(8)12(14)15/h1-4,7,13H,5-6,11H2. The molecule has 0 unspecified atom stereocenters. The summed E-state index contributed by atoms with van der Waals surface area (Å²) >= 11 is 0. The second-order valence-corrected chi connectivity index (χ2v) is 3.99. The molecule has 0 saturated heterocycles. The van der Waals surface area contributed by atoms with Crippen LogP contribution in [0.5, 0.6) is 0 Å². The lowest BCUT2D eigenvalue weighted by Crippen LogP contribution is -2.51. The van der Waals surface area contributed by atoms with E-state index in [4.69, 9.17) is 5.73 Å². The van der Waals surface area contributed by atoms with E-state index in [0.29, 0.717) is 18.4 Å². The van der Waals surface area contributed by atoms with E-state index in [0.717, 1.165) is 0 Å². The van der Waals surface area contributed by atoms with Crippen molar-refractivity contribution < 1.29 is 10.0 Å². The van der Waals surface area contributed by atoms with Crippen LogP contribution in [0.1, 0.15) is 18.4 Å². The SMILES string of the molecule is NC1(c2ccccc2[N+](=O)[O-])CC(O)C1. The topological polar surface area (TPSA) is 89.4 Å². The molecule has 0 radical (unpaired) electrons. The highest BCUT2D eigenvalue weighted by Gasteiger charge is 2.44. The van der Waals surface area contributed by atoms with Crippen LogP contribution in [-0.2, 0) is 5.54 Å². The summed E-state index contributed by atoms with van der Waals surface area (Å²) in [6.45, 7) is 0. The maximum atomic E-state index is 10.8. The number of nitro groups is 1. The Morgan fingerprint density at radius 2 is 2.07 bits per heavy atom. The summed E-state index contributed by atoms with van der Waals surface area (Å²) in [6.07, 6.45) is 0.338. The first-order chi connectivity index (χ1) is 7.03. The molecule has 3 N–H and O–H groups in total. The second-order valence-electron chi connectivity index (χ2n) is 3.99. The molecule has 1 aliphatic rings. The third-order valence-corrected chi connectivity index (χ3v) is 2.84. The molecule has 0 heterocycles. The molecule has 0 spiro atoms. The summed E-state index contributed by atoms with van der Waals surface area (Å²) in [4.78, 5) is 10.3. The Kier molecular flexibility index (Phi) is 2.21. The molecular formula is C10H12N2O3. The van der Waals surface area contributed by atoms with Crippen LogP contribution >= 0.6 is 0 Å². The van der Waals surface area contributed by atoms with E-state index >= 15 is 0 Å². The number of rotatable bonds is 2. The zero-order valence-electron chi connectivity index (χ0n) is 8.09. The van der Waals surface area contributed by atoms with Crippen LogP contribution in [-0.4, -0.2) is 16.1 Å². The summed E-state index contributed by atoms with van der Waals surface area (Å²) in [6, 6.07) is 6.43. The number of aliphatic hydroxyl groups excluding tert-OH is 1. The van der Waals surface area contributed by atoms with Gasteiger partial charge in [-0.05, 0) is 12.8 Å². The number of nitro benzene ring substituents is 1. The highest BCUT2D eigenvalue weighted by molar-refractivity contribution is 5.46. The van der Waals surface area contributed by atoms with Gasteiger partial charge >= 0.3 is 0 Å². The summed E-state index contributed by atoms with van der Waals surface area (Å²) in [7, 11) is 0. The summed E-state index contributed by atoms with van der Waals surface area (Å²) in [5.74, 6) is 0. The van der Waals surface area contributed by atoms with Gasteiger partial charge in [0.15, 0.2) is 0 Å². The predicted molar refractivity (Wildman–Crippen MR) is 54.2 cm³/mol. The zero-order valence-corrected chi connectivity index (χ0v) is 8.09. The van der Waals surface area contributed by atoms with Gasteiger partial charge in [-0.15, -0.1) is 0 Å². The lowest BCUT2D eigenvalue weighted by Gasteiger charge is -2.42. The van der Waals surface area contributed by atoms with Crippen molar-refractivity contribution in [1.82, 2.24) is 0 Å². The average molecular weight is 208 g/mol. The minimum Gasteiger partial charge on any atom is -0.393 e. The van der Waals surface area contributed by atoms with Gasteiger partial charge in [-0.1, -0.05) is 18.2 Å². The highest BCUT2D eigenvalue weighted by Crippen LogP contribution is 2.42. The fourth-order valence-electron chi connectivity index (χ4n) is 2.05.